The minimum absolute atomic E-state index is 0.248. The molecule has 0 saturated heterocycles. The zero-order chi connectivity index (χ0) is 13.3. The lowest BCUT2D eigenvalue weighted by atomic mass is 9.99. The average Bonchev–Trinajstić information content (AvgIpc) is 3.02. The average molecular weight is 261 g/mol. The van der Waals surface area contributed by atoms with Gasteiger partial charge in [-0.15, -0.1) is 0 Å². The van der Waals surface area contributed by atoms with Crippen LogP contribution < -0.4 is 5.73 Å². The molecule has 2 aromatic rings. The number of hydrogen-bond acceptors (Lipinski definition) is 4. The van der Waals surface area contributed by atoms with Crippen LogP contribution in [-0.4, -0.2) is 10.1 Å². The van der Waals surface area contributed by atoms with Crippen LogP contribution in [0.4, 0.5) is 4.39 Å². The van der Waals surface area contributed by atoms with Gasteiger partial charge in [-0.2, -0.15) is 4.98 Å². The van der Waals surface area contributed by atoms with Crippen LogP contribution in [0.3, 0.4) is 0 Å². The van der Waals surface area contributed by atoms with Gasteiger partial charge in [-0.05, 0) is 30.5 Å². The van der Waals surface area contributed by atoms with Gasteiger partial charge in [0.2, 0.25) is 5.89 Å². The van der Waals surface area contributed by atoms with Crippen molar-refractivity contribution in [1.29, 1.82) is 0 Å². The lowest BCUT2D eigenvalue weighted by Crippen LogP contribution is -2.34. The number of nitrogens with two attached hydrogens (primary N) is 1. The molecule has 1 aromatic carbocycles. The van der Waals surface area contributed by atoms with E-state index >= 15 is 0 Å². The van der Waals surface area contributed by atoms with Crippen LogP contribution in [-0.2, 0) is 12.0 Å². The monoisotopic (exact) mass is 261 g/mol. The number of rotatable bonds is 3. The third kappa shape index (κ3) is 2.51. The van der Waals surface area contributed by atoms with E-state index in [0.29, 0.717) is 18.1 Å². The van der Waals surface area contributed by atoms with Crippen molar-refractivity contribution in [1.82, 2.24) is 10.1 Å². The lowest BCUT2D eigenvalue weighted by Gasteiger charge is -2.17. The summed E-state index contributed by atoms with van der Waals surface area (Å²) in [6, 6.07) is 6.28. The van der Waals surface area contributed by atoms with Crippen molar-refractivity contribution in [2.75, 3.05) is 0 Å². The molecule has 0 amide bonds. The number of hydrogen-bond donors (Lipinski definition) is 1. The molecule has 19 heavy (non-hydrogen) atoms. The SMILES string of the molecule is NC1(c2noc(Cc3ccc(F)cc3)n2)CCCC1. The third-order valence-electron chi connectivity index (χ3n) is 3.68. The molecule has 0 aliphatic heterocycles. The summed E-state index contributed by atoms with van der Waals surface area (Å²) in [5.74, 6) is 0.877. The molecule has 0 spiro atoms. The Morgan fingerprint density at radius 2 is 1.89 bits per heavy atom. The fraction of sp³-hybridized carbons (Fsp3) is 0.429. The zero-order valence-electron chi connectivity index (χ0n) is 10.6. The van der Waals surface area contributed by atoms with Crippen molar-refractivity contribution in [3.63, 3.8) is 0 Å². The van der Waals surface area contributed by atoms with Gasteiger partial charge < -0.3 is 10.3 Å². The Morgan fingerprint density at radius 3 is 2.58 bits per heavy atom. The first-order valence-corrected chi connectivity index (χ1v) is 6.52. The molecule has 4 nitrogen and oxygen atoms in total. The van der Waals surface area contributed by atoms with E-state index in [2.05, 4.69) is 10.1 Å². The quantitative estimate of drug-likeness (QED) is 0.922. The highest BCUT2D eigenvalue weighted by Gasteiger charge is 2.35. The Labute approximate surface area is 110 Å². The summed E-state index contributed by atoms with van der Waals surface area (Å²) in [4.78, 5) is 4.39. The van der Waals surface area contributed by atoms with Crippen LogP contribution in [0.25, 0.3) is 0 Å². The second-order valence-corrected chi connectivity index (χ2v) is 5.18. The molecule has 2 N–H and O–H groups in total. The fourth-order valence-electron chi connectivity index (χ4n) is 2.54. The van der Waals surface area contributed by atoms with Crippen molar-refractivity contribution in [2.24, 2.45) is 5.73 Å². The largest absolute Gasteiger partial charge is 0.339 e. The summed E-state index contributed by atoms with van der Waals surface area (Å²) in [5.41, 5.74) is 6.79. The van der Waals surface area contributed by atoms with Crippen LogP contribution >= 0.6 is 0 Å². The van der Waals surface area contributed by atoms with Gasteiger partial charge in [0.05, 0.1) is 12.0 Å². The van der Waals surface area contributed by atoms with Crippen LogP contribution in [0.5, 0.6) is 0 Å². The van der Waals surface area contributed by atoms with Gasteiger partial charge in [0.1, 0.15) is 5.82 Å². The molecule has 1 fully saturated rings. The van der Waals surface area contributed by atoms with Gasteiger partial charge in [0.25, 0.3) is 0 Å². The molecule has 5 heteroatoms. The van der Waals surface area contributed by atoms with E-state index in [1.807, 2.05) is 0 Å². The van der Waals surface area contributed by atoms with Crippen LogP contribution in [0.15, 0.2) is 28.8 Å². The first-order valence-electron chi connectivity index (χ1n) is 6.52. The van der Waals surface area contributed by atoms with Crippen molar-refractivity contribution < 1.29 is 8.91 Å². The molecular formula is C14H16FN3O. The van der Waals surface area contributed by atoms with Gasteiger partial charge in [-0.3, -0.25) is 0 Å². The molecule has 100 valence electrons. The van der Waals surface area contributed by atoms with Gasteiger partial charge in [-0.25, -0.2) is 4.39 Å². The normalized spacial score (nSPS) is 17.8. The topological polar surface area (TPSA) is 64.9 Å². The molecule has 0 unspecified atom stereocenters. The highest BCUT2D eigenvalue weighted by molar-refractivity contribution is 5.19. The van der Waals surface area contributed by atoms with E-state index in [9.17, 15) is 4.39 Å². The first kappa shape index (κ1) is 12.3. The fourth-order valence-corrected chi connectivity index (χ4v) is 2.54. The summed E-state index contributed by atoms with van der Waals surface area (Å²) in [5, 5.41) is 4.00. The summed E-state index contributed by atoms with van der Waals surface area (Å²) in [7, 11) is 0. The third-order valence-corrected chi connectivity index (χ3v) is 3.68. The highest BCUT2D eigenvalue weighted by atomic mass is 19.1. The van der Waals surface area contributed by atoms with E-state index in [1.54, 1.807) is 12.1 Å². The summed E-state index contributed by atoms with van der Waals surface area (Å²) >= 11 is 0. The summed E-state index contributed by atoms with van der Waals surface area (Å²) < 4.78 is 18.1. The minimum Gasteiger partial charge on any atom is -0.339 e. The molecular weight excluding hydrogens is 245 g/mol. The van der Waals surface area contributed by atoms with Crippen LogP contribution in [0, 0.1) is 5.82 Å². The van der Waals surface area contributed by atoms with Crippen molar-refractivity contribution in [3.8, 4) is 0 Å². The lowest BCUT2D eigenvalue weighted by molar-refractivity contribution is 0.352. The standard InChI is InChI=1S/C14H16FN3O/c15-11-5-3-10(4-6-11)9-12-17-13(18-19-12)14(16)7-1-2-8-14/h3-6H,1-2,7-9,16H2. The van der Waals surface area contributed by atoms with Gasteiger partial charge in [0, 0.05) is 0 Å². The maximum atomic E-state index is 12.8. The number of benzene rings is 1. The second-order valence-electron chi connectivity index (χ2n) is 5.18. The molecule has 1 aliphatic rings. The Hall–Kier alpha value is -1.75. The maximum Gasteiger partial charge on any atom is 0.231 e. The van der Waals surface area contributed by atoms with Crippen molar-refractivity contribution in [3.05, 3.63) is 47.4 Å². The predicted octanol–water partition coefficient (Wildman–Crippen LogP) is 2.53. The van der Waals surface area contributed by atoms with E-state index in [1.165, 1.54) is 12.1 Å². The van der Waals surface area contributed by atoms with E-state index in [-0.39, 0.29) is 5.82 Å². The molecule has 3 rings (SSSR count). The predicted molar refractivity (Wildman–Crippen MR) is 67.8 cm³/mol. The van der Waals surface area contributed by atoms with Crippen LogP contribution in [0.1, 0.15) is 43.0 Å². The Morgan fingerprint density at radius 1 is 1.21 bits per heavy atom. The summed E-state index contributed by atoms with van der Waals surface area (Å²) in [6.07, 6.45) is 4.53. The molecule has 0 radical (unpaired) electrons. The first-order chi connectivity index (χ1) is 9.16. The van der Waals surface area contributed by atoms with Gasteiger partial charge in [-0.1, -0.05) is 30.1 Å². The van der Waals surface area contributed by atoms with Crippen LogP contribution in [0.2, 0.25) is 0 Å². The van der Waals surface area contributed by atoms with E-state index in [0.717, 1.165) is 31.2 Å². The van der Waals surface area contributed by atoms with Gasteiger partial charge in [0.15, 0.2) is 5.82 Å². The smallest absolute Gasteiger partial charge is 0.231 e. The number of aromatic nitrogens is 2. The van der Waals surface area contributed by atoms with E-state index < -0.39 is 5.54 Å². The highest BCUT2D eigenvalue weighted by Crippen LogP contribution is 2.34. The Bertz CT molecular complexity index is 558. The van der Waals surface area contributed by atoms with Crippen molar-refractivity contribution >= 4 is 0 Å². The Kier molecular flexibility index (Phi) is 3.06. The Balaban J connectivity index is 1.76. The minimum atomic E-state index is -0.426. The molecule has 1 aromatic heterocycles. The molecule has 0 bridgehead atoms. The number of halogens is 1. The molecule has 1 heterocycles. The van der Waals surface area contributed by atoms with Gasteiger partial charge >= 0.3 is 0 Å². The molecule has 1 saturated carbocycles. The zero-order valence-corrected chi connectivity index (χ0v) is 10.6. The maximum absolute atomic E-state index is 12.8. The molecule has 0 atom stereocenters. The second kappa shape index (κ2) is 4.74. The van der Waals surface area contributed by atoms with E-state index in [4.69, 9.17) is 10.3 Å². The molecule has 1 aliphatic carbocycles. The number of nitrogens with zero attached hydrogens (tertiary/aromatic N) is 2. The summed E-state index contributed by atoms with van der Waals surface area (Å²) in [6.45, 7) is 0. The van der Waals surface area contributed by atoms with Crippen molar-refractivity contribution in [2.45, 2.75) is 37.6 Å².